The lowest BCUT2D eigenvalue weighted by molar-refractivity contribution is 0.300. The van der Waals surface area contributed by atoms with E-state index in [2.05, 4.69) is 15.9 Å². The Labute approximate surface area is 123 Å². The zero-order valence-electron chi connectivity index (χ0n) is 9.80. The summed E-state index contributed by atoms with van der Waals surface area (Å²) >= 11 is 9.17. The third-order valence-corrected chi connectivity index (χ3v) is 3.41. The predicted octanol–water partition coefficient (Wildman–Crippen LogP) is 5.05. The smallest absolute Gasteiger partial charge is 0.138 e. The third-order valence-electron chi connectivity index (χ3n) is 2.50. The maximum atomic E-state index is 13.1. The van der Waals surface area contributed by atoms with Crippen molar-refractivity contribution in [2.45, 2.75) is 12.5 Å². The van der Waals surface area contributed by atoms with Gasteiger partial charge >= 0.3 is 0 Å². The summed E-state index contributed by atoms with van der Waals surface area (Å²) in [5, 5.41) is 0. The van der Waals surface area contributed by atoms with Gasteiger partial charge in [0.1, 0.15) is 24.0 Å². The molecule has 19 heavy (non-hydrogen) atoms. The molecule has 2 aromatic carbocycles. The Morgan fingerprint density at radius 3 is 2.42 bits per heavy atom. The van der Waals surface area contributed by atoms with Gasteiger partial charge in [-0.15, -0.1) is 11.6 Å². The lowest BCUT2D eigenvalue weighted by Gasteiger charge is -2.12. The predicted molar refractivity (Wildman–Crippen MR) is 74.4 cm³/mol. The monoisotopic (exact) mass is 346 g/mol. The Kier molecular flexibility index (Phi) is 4.77. The van der Waals surface area contributed by atoms with Crippen molar-refractivity contribution in [3.05, 3.63) is 63.6 Å². The molecule has 0 aliphatic carbocycles. The highest BCUT2D eigenvalue weighted by Crippen LogP contribution is 2.30. The largest absolute Gasteiger partial charge is 0.487 e. The minimum atomic E-state index is -0.622. The van der Waals surface area contributed by atoms with Crippen molar-refractivity contribution in [2.24, 2.45) is 0 Å². The number of alkyl halides is 1. The molecule has 0 amide bonds. The molecule has 5 heteroatoms. The highest BCUT2D eigenvalue weighted by Gasteiger charge is 2.08. The molecule has 0 spiro atoms. The van der Waals surface area contributed by atoms with Gasteiger partial charge in [-0.25, -0.2) is 8.78 Å². The van der Waals surface area contributed by atoms with Gasteiger partial charge in [0.2, 0.25) is 0 Å². The van der Waals surface area contributed by atoms with E-state index < -0.39 is 11.6 Å². The quantitative estimate of drug-likeness (QED) is 0.704. The molecule has 0 aliphatic heterocycles. The van der Waals surface area contributed by atoms with Crippen LogP contribution in [-0.2, 0) is 12.5 Å². The summed E-state index contributed by atoms with van der Waals surface area (Å²) in [5.41, 5.74) is 1.24. The van der Waals surface area contributed by atoms with Gasteiger partial charge in [0.15, 0.2) is 0 Å². The first-order valence-electron chi connectivity index (χ1n) is 5.51. The standard InChI is InChI=1S/C14H10BrClF2O/c15-13-3-1-2-10(7-16)14(13)19-8-9-4-11(17)6-12(18)5-9/h1-6H,7-8H2. The number of rotatable bonds is 4. The van der Waals surface area contributed by atoms with Gasteiger partial charge in [-0.1, -0.05) is 12.1 Å². The molecule has 0 aliphatic rings. The van der Waals surface area contributed by atoms with Crippen LogP contribution >= 0.6 is 27.5 Å². The molecule has 0 atom stereocenters. The molecule has 0 radical (unpaired) electrons. The number of ether oxygens (including phenoxy) is 1. The number of hydrogen-bond donors (Lipinski definition) is 0. The third kappa shape index (κ3) is 3.67. The molecular formula is C14H10BrClF2O. The van der Waals surface area contributed by atoms with Crippen LogP contribution in [0.1, 0.15) is 11.1 Å². The van der Waals surface area contributed by atoms with Crippen LogP contribution in [-0.4, -0.2) is 0 Å². The summed E-state index contributed by atoms with van der Waals surface area (Å²) in [7, 11) is 0. The maximum absolute atomic E-state index is 13.1. The fourth-order valence-corrected chi connectivity index (χ4v) is 2.40. The van der Waals surface area contributed by atoms with Crippen molar-refractivity contribution >= 4 is 27.5 Å². The molecule has 0 N–H and O–H groups in total. The first-order chi connectivity index (χ1) is 9.10. The van der Waals surface area contributed by atoms with Gasteiger partial charge in [-0.2, -0.15) is 0 Å². The fraction of sp³-hybridized carbons (Fsp3) is 0.143. The number of halogens is 4. The second-order valence-electron chi connectivity index (χ2n) is 3.93. The van der Waals surface area contributed by atoms with Crippen molar-refractivity contribution in [1.29, 1.82) is 0 Å². The van der Waals surface area contributed by atoms with Crippen molar-refractivity contribution in [1.82, 2.24) is 0 Å². The summed E-state index contributed by atoms with van der Waals surface area (Å²) < 4.78 is 32.4. The Hall–Kier alpha value is -1.13. The van der Waals surface area contributed by atoms with Gasteiger partial charge in [0, 0.05) is 11.6 Å². The number of hydrogen-bond acceptors (Lipinski definition) is 1. The lowest BCUT2D eigenvalue weighted by atomic mass is 10.2. The summed E-state index contributed by atoms with van der Waals surface area (Å²) in [6.45, 7) is 0.0706. The van der Waals surface area contributed by atoms with Crippen LogP contribution in [0.25, 0.3) is 0 Å². The molecule has 0 bridgehead atoms. The average molecular weight is 348 g/mol. The Morgan fingerprint density at radius 1 is 1.11 bits per heavy atom. The zero-order valence-corrected chi connectivity index (χ0v) is 12.1. The molecule has 0 saturated heterocycles. The second-order valence-corrected chi connectivity index (χ2v) is 5.05. The van der Waals surface area contributed by atoms with Gasteiger partial charge in [0.05, 0.1) is 10.4 Å². The molecule has 0 heterocycles. The molecule has 1 nitrogen and oxygen atoms in total. The SMILES string of the molecule is Fc1cc(F)cc(COc2c(Br)cccc2CCl)c1. The molecular weight excluding hydrogens is 338 g/mol. The Morgan fingerprint density at radius 2 is 1.79 bits per heavy atom. The van der Waals surface area contributed by atoms with E-state index in [0.717, 1.165) is 16.1 Å². The Bertz CT molecular complexity index is 569. The van der Waals surface area contributed by atoms with Crippen molar-refractivity contribution < 1.29 is 13.5 Å². The number of para-hydroxylation sites is 1. The van der Waals surface area contributed by atoms with Crippen LogP contribution in [0.4, 0.5) is 8.78 Å². The average Bonchev–Trinajstić information content (AvgIpc) is 2.36. The first kappa shape index (κ1) is 14.3. The molecule has 0 fully saturated rings. The second kappa shape index (κ2) is 6.35. The van der Waals surface area contributed by atoms with E-state index in [-0.39, 0.29) is 6.61 Å². The summed E-state index contributed by atoms with van der Waals surface area (Å²) in [4.78, 5) is 0. The van der Waals surface area contributed by atoms with Crippen molar-refractivity contribution in [3.8, 4) is 5.75 Å². The highest BCUT2D eigenvalue weighted by molar-refractivity contribution is 9.10. The summed E-state index contributed by atoms with van der Waals surface area (Å²) in [5.74, 6) is -0.361. The van der Waals surface area contributed by atoms with Crippen LogP contribution < -0.4 is 4.74 Å². The van der Waals surface area contributed by atoms with Crippen LogP contribution in [0.15, 0.2) is 40.9 Å². The zero-order chi connectivity index (χ0) is 13.8. The van der Waals surface area contributed by atoms with Gasteiger partial charge in [0.25, 0.3) is 0 Å². The maximum Gasteiger partial charge on any atom is 0.138 e. The van der Waals surface area contributed by atoms with Gasteiger partial charge in [-0.05, 0) is 39.7 Å². The van der Waals surface area contributed by atoms with E-state index in [9.17, 15) is 8.78 Å². The molecule has 2 rings (SSSR count). The first-order valence-corrected chi connectivity index (χ1v) is 6.84. The molecule has 0 saturated carbocycles. The molecule has 0 unspecified atom stereocenters. The van der Waals surface area contributed by atoms with E-state index >= 15 is 0 Å². The van der Waals surface area contributed by atoms with Gasteiger partial charge in [-0.3, -0.25) is 0 Å². The molecule has 0 aromatic heterocycles. The van der Waals surface area contributed by atoms with E-state index in [1.54, 1.807) is 0 Å². The van der Waals surface area contributed by atoms with Crippen LogP contribution in [0.2, 0.25) is 0 Å². The molecule has 100 valence electrons. The van der Waals surface area contributed by atoms with E-state index in [0.29, 0.717) is 17.2 Å². The van der Waals surface area contributed by atoms with Crippen molar-refractivity contribution in [3.63, 3.8) is 0 Å². The van der Waals surface area contributed by atoms with E-state index in [1.807, 2.05) is 18.2 Å². The Balaban J connectivity index is 2.18. The summed E-state index contributed by atoms with van der Waals surface area (Å²) in [6.07, 6.45) is 0. The minimum Gasteiger partial charge on any atom is -0.487 e. The minimum absolute atomic E-state index is 0.0706. The van der Waals surface area contributed by atoms with Crippen molar-refractivity contribution in [2.75, 3.05) is 0 Å². The van der Waals surface area contributed by atoms with E-state index in [1.165, 1.54) is 12.1 Å². The van der Waals surface area contributed by atoms with E-state index in [4.69, 9.17) is 16.3 Å². The van der Waals surface area contributed by atoms with Crippen LogP contribution in [0.5, 0.6) is 5.75 Å². The van der Waals surface area contributed by atoms with Crippen LogP contribution in [0, 0.1) is 11.6 Å². The number of benzene rings is 2. The normalized spacial score (nSPS) is 10.5. The van der Waals surface area contributed by atoms with Gasteiger partial charge < -0.3 is 4.74 Å². The van der Waals surface area contributed by atoms with Crippen LogP contribution in [0.3, 0.4) is 0 Å². The molecule has 2 aromatic rings. The summed E-state index contributed by atoms with van der Waals surface area (Å²) in [6, 6.07) is 8.79. The highest BCUT2D eigenvalue weighted by atomic mass is 79.9. The fourth-order valence-electron chi connectivity index (χ4n) is 1.67. The topological polar surface area (TPSA) is 9.23 Å². The lowest BCUT2D eigenvalue weighted by Crippen LogP contribution is -2.00.